The van der Waals surface area contributed by atoms with Gasteiger partial charge in [0.05, 0.1) is 5.56 Å². The minimum atomic E-state index is -2.62. The first-order chi connectivity index (χ1) is 8.08. The lowest BCUT2D eigenvalue weighted by Crippen LogP contribution is -2.23. The molecule has 1 fully saturated rings. The van der Waals surface area contributed by atoms with Gasteiger partial charge in [0.25, 0.3) is 6.43 Å². The third kappa shape index (κ3) is 2.75. The average Bonchev–Trinajstić information content (AvgIpc) is 2.75. The first kappa shape index (κ1) is 12.3. The Morgan fingerprint density at radius 1 is 1.47 bits per heavy atom. The predicted molar refractivity (Wildman–Crippen MR) is 62.5 cm³/mol. The third-order valence-corrected chi connectivity index (χ3v) is 3.23. The maximum Gasteiger partial charge on any atom is 0.267 e. The van der Waals surface area contributed by atoms with E-state index in [1.807, 2.05) is 0 Å². The lowest BCUT2D eigenvalue weighted by molar-refractivity contribution is 0.147. The van der Waals surface area contributed by atoms with Crippen molar-refractivity contribution in [3.8, 4) is 5.75 Å². The van der Waals surface area contributed by atoms with Crippen molar-refractivity contribution in [3.63, 3.8) is 0 Å². The number of benzene rings is 1. The average molecular weight is 241 g/mol. The Hall–Kier alpha value is -1.16. The number of phenolic OH excluding ortho intramolecular Hbond substituents is 1. The SMILES string of the molecule is Cc1cc(CC2CCCN2)c(O)c(C(F)F)c1. The van der Waals surface area contributed by atoms with Crippen LogP contribution in [0.15, 0.2) is 12.1 Å². The molecule has 0 aromatic heterocycles. The maximum absolute atomic E-state index is 12.7. The monoisotopic (exact) mass is 241 g/mol. The number of phenols is 1. The van der Waals surface area contributed by atoms with E-state index in [2.05, 4.69) is 5.32 Å². The molecule has 0 spiro atoms. The molecule has 1 aliphatic rings. The summed E-state index contributed by atoms with van der Waals surface area (Å²) in [4.78, 5) is 0. The van der Waals surface area contributed by atoms with Crippen molar-refractivity contribution in [2.45, 2.75) is 38.7 Å². The summed E-state index contributed by atoms with van der Waals surface area (Å²) in [5.74, 6) is -0.237. The van der Waals surface area contributed by atoms with Crippen molar-refractivity contribution in [1.82, 2.24) is 5.32 Å². The van der Waals surface area contributed by atoms with Crippen LogP contribution < -0.4 is 5.32 Å². The van der Waals surface area contributed by atoms with E-state index in [4.69, 9.17) is 0 Å². The van der Waals surface area contributed by atoms with Gasteiger partial charge in [-0.25, -0.2) is 8.78 Å². The standard InChI is InChI=1S/C13H17F2NO/c1-8-5-9(7-10-3-2-4-16-10)12(17)11(6-8)13(14)15/h5-6,10,13,16-17H,2-4,7H2,1H3. The van der Waals surface area contributed by atoms with Gasteiger partial charge in [-0.3, -0.25) is 0 Å². The molecule has 1 saturated heterocycles. The highest BCUT2D eigenvalue weighted by atomic mass is 19.3. The van der Waals surface area contributed by atoms with Crippen molar-refractivity contribution < 1.29 is 13.9 Å². The molecule has 1 atom stereocenters. The topological polar surface area (TPSA) is 32.3 Å². The fourth-order valence-electron chi connectivity index (χ4n) is 2.40. The van der Waals surface area contributed by atoms with E-state index in [-0.39, 0.29) is 11.3 Å². The number of alkyl halides is 2. The highest BCUT2D eigenvalue weighted by Crippen LogP contribution is 2.33. The van der Waals surface area contributed by atoms with E-state index in [0.29, 0.717) is 18.0 Å². The van der Waals surface area contributed by atoms with Crippen molar-refractivity contribution >= 4 is 0 Å². The number of hydrogen-bond donors (Lipinski definition) is 2. The van der Waals surface area contributed by atoms with E-state index in [9.17, 15) is 13.9 Å². The van der Waals surface area contributed by atoms with Crippen LogP contribution in [0, 0.1) is 6.92 Å². The van der Waals surface area contributed by atoms with Crippen LogP contribution in [0.5, 0.6) is 5.75 Å². The summed E-state index contributed by atoms with van der Waals surface area (Å²) in [6, 6.07) is 3.44. The molecular weight excluding hydrogens is 224 g/mol. The summed E-state index contributed by atoms with van der Waals surface area (Å²) in [7, 11) is 0. The van der Waals surface area contributed by atoms with Crippen LogP contribution in [0.2, 0.25) is 0 Å². The summed E-state index contributed by atoms with van der Waals surface area (Å²) in [5, 5.41) is 13.1. The molecule has 0 amide bonds. The van der Waals surface area contributed by atoms with Crippen molar-refractivity contribution in [2.24, 2.45) is 0 Å². The molecule has 2 N–H and O–H groups in total. The molecule has 94 valence electrons. The lowest BCUT2D eigenvalue weighted by atomic mass is 9.98. The Morgan fingerprint density at radius 3 is 2.82 bits per heavy atom. The highest BCUT2D eigenvalue weighted by molar-refractivity contribution is 5.44. The predicted octanol–water partition coefficient (Wildman–Crippen LogP) is 2.93. The van der Waals surface area contributed by atoms with Gasteiger partial charge in [-0.15, -0.1) is 0 Å². The molecule has 0 saturated carbocycles. The number of aromatic hydroxyl groups is 1. The molecule has 2 rings (SSSR count). The second-order valence-electron chi connectivity index (χ2n) is 4.66. The zero-order valence-corrected chi connectivity index (χ0v) is 9.84. The molecule has 1 aromatic rings. The molecule has 0 aliphatic carbocycles. The van der Waals surface area contributed by atoms with Gasteiger partial charge >= 0.3 is 0 Å². The maximum atomic E-state index is 12.7. The highest BCUT2D eigenvalue weighted by Gasteiger charge is 2.20. The summed E-state index contributed by atoms with van der Waals surface area (Å²) < 4.78 is 25.5. The number of rotatable bonds is 3. The van der Waals surface area contributed by atoms with Gasteiger partial charge in [-0.2, -0.15) is 0 Å². The van der Waals surface area contributed by atoms with Crippen LogP contribution in [-0.4, -0.2) is 17.7 Å². The Kier molecular flexibility index (Phi) is 3.62. The number of hydrogen-bond acceptors (Lipinski definition) is 2. The van der Waals surface area contributed by atoms with Gasteiger partial charge < -0.3 is 10.4 Å². The molecule has 0 radical (unpaired) electrons. The van der Waals surface area contributed by atoms with Crippen LogP contribution in [0.3, 0.4) is 0 Å². The molecule has 1 aliphatic heterocycles. The van der Waals surface area contributed by atoms with Crippen LogP contribution in [-0.2, 0) is 6.42 Å². The molecule has 1 unspecified atom stereocenters. The van der Waals surface area contributed by atoms with Crippen molar-refractivity contribution in [2.75, 3.05) is 6.54 Å². The molecule has 4 heteroatoms. The molecule has 1 aromatic carbocycles. The van der Waals surface area contributed by atoms with Crippen molar-refractivity contribution in [1.29, 1.82) is 0 Å². The lowest BCUT2D eigenvalue weighted by Gasteiger charge is -2.14. The van der Waals surface area contributed by atoms with Crippen molar-refractivity contribution in [3.05, 3.63) is 28.8 Å². The smallest absolute Gasteiger partial charge is 0.267 e. The normalized spacial score (nSPS) is 20.1. The molecule has 0 bridgehead atoms. The van der Waals surface area contributed by atoms with Gasteiger partial charge in [-0.1, -0.05) is 11.6 Å². The minimum Gasteiger partial charge on any atom is -0.507 e. The van der Waals surface area contributed by atoms with Crippen LogP contribution in [0.4, 0.5) is 8.78 Å². The largest absolute Gasteiger partial charge is 0.507 e. The quantitative estimate of drug-likeness (QED) is 0.852. The second kappa shape index (κ2) is 5.00. The Morgan fingerprint density at radius 2 is 2.24 bits per heavy atom. The molecule has 17 heavy (non-hydrogen) atoms. The van der Waals surface area contributed by atoms with E-state index < -0.39 is 6.43 Å². The Balaban J connectivity index is 2.26. The Labute approximate surface area is 99.7 Å². The zero-order valence-electron chi connectivity index (χ0n) is 9.84. The summed E-state index contributed by atoms with van der Waals surface area (Å²) in [5.41, 5.74) is 1.14. The van der Waals surface area contributed by atoms with E-state index in [1.165, 1.54) is 6.07 Å². The fourth-order valence-corrected chi connectivity index (χ4v) is 2.40. The van der Waals surface area contributed by atoms with E-state index in [1.54, 1.807) is 13.0 Å². The third-order valence-electron chi connectivity index (χ3n) is 3.23. The van der Waals surface area contributed by atoms with E-state index >= 15 is 0 Å². The van der Waals surface area contributed by atoms with Crippen LogP contribution in [0.25, 0.3) is 0 Å². The molecule has 1 heterocycles. The van der Waals surface area contributed by atoms with Gasteiger partial charge in [-0.05, 0) is 44.4 Å². The second-order valence-corrected chi connectivity index (χ2v) is 4.66. The van der Waals surface area contributed by atoms with E-state index in [0.717, 1.165) is 24.9 Å². The number of nitrogens with one attached hydrogen (secondary N) is 1. The minimum absolute atomic E-state index is 0.237. The molecule has 2 nitrogen and oxygen atoms in total. The van der Waals surface area contributed by atoms with Gasteiger partial charge in [0, 0.05) is 6.04 Å². The summed E-state index contributed by atoms with van der Waals surface area (Å²) in [6.07, 6.45) is 0.147. The van der Waals surface area contributed by atoms with Gasteiger partial charge in [0.15, 0.2) is 0 Å². The summed E-state index contributed by atoms with van der Waals surface area (Å²) in [6.45, 7) is 2.75. The fraction of sp³-hybridized carbons (Fsp3) is 0.538. The van der Waals surface area contributed by atoms with Gasteiger partial charge in [0.2, 0.25) is 0 Å². The first-order valence-corrected chi connectivity index (χ1v) is 5.92. The number of halogens is 2. The Bertz CT molecular complexity index is 401. The first-order valence-electron chi connectivity index (χ1n) is 5.92. The molecular formula is C13H17F2NO. The summed E-state index contributed by atoms with van der Waals surface area (Å²) >= 11 is 0. The van der Waals surface area contributed by atoms with Crippen LogP contribution >= 0.6 is 0 Å². The zero-order chi connectivity index (χ0) is 12.4. The van der Waals surface area contributed by atoms with Gasteiger partial charge in [0.1, 0.15) is 5.75 Å². The van der Waals surface area contributed by atoms with Crippen LogP contribution in [0.1, 0.15) is 36.0 Å². The number of aryl methyl sites for hydroxylation is 1.